The molecule has 2 saturated heterocycles. The van der Waals surface area contributed by atoms with Crippen LogP contribution in [-0.4, -0.2) is 61.4 Å². The van der Waals surface area contributed by atoms with Crippen LogP contribution in [0.1, 0.15) is 36.7 Å². The summed E-state index contributed by atoms with van der Waals surface area (Å²) in [4.78, 5) is 20.9. The predicted octanol–water partition coefficient (Wildman–Crippen LogP) is 1.33. The second kappa shape index (κ2) is 6.47. The third-order valence-electron chi connectivity index (χ3n) is 4.69. The number of sulfone groups is 1. The number of rotatable bonds is 4. The van der Waals surface area contributed by atoms with Crippen LogP contribution in [0.3, 0.4) is 0 Å². The molecule has 0 aliphatic carbocycles. The molecule has 126 valence electrons. The van der Waals surface area contributed by atoms with E-state index in [-0.39, 0.29) is 23.5 Å². The van der Waals surface area contributed by atoms with Crippen LogP contribution in [0.5, 0.6) is 0 Å². The van der Waals surface area contributed by atoms with Crippen LogP contribution >= 0.6 is 0 Å². The van der Waals surface area contributed by atoms with Gasteiger partial charge in [-0.1, -0.05) is 0 Å². The van der Waals surface area contributed by atoms with Gasteiger partial charge in [-0.2, -0.15) is 0 Å². The van der Waals surface area contributed by atoms with Gasteiger partial charge in [0.25, 0.3) is 5.91 Å². The Labute approximate surface area is 137 Å². The number of pyridine rings is 1. The van der Waals surface area contributed by atoms with Gasteiger partial charge >= 0.3 is 0 Å². The molecule has 2 aliphatic rings. The van der Waals surface area contributed by atoms with Gasteiger partial charge in [0.2, 0.25) is 0 Å². The molecular formula is C16H23N3O3S. The largest absolute Gasteiger partial charge is 0.370 e. The van der Waals surface area contributed by atoms with E-state index in [9.17, 15) is 13.2 Å². The van der Waals surface area contributed by atoms with Crippen molar-refractivity contribution in [3.63, 3.8) is 0 Å². The normalized spacial score (nSPS) is 23.2. The van der Waals surface area contributed by atoms with Gasteiger partial charge in [0.05, 0.1) is 23.4 Å². The minimum absolute atomic E-state index is 0.0679. The van der Waals surface area contributed by atoms with Crippen LogP contribution < -0.4 is 4.90 Å². The van der Waals surface area contributed by atoms with Gasteiger partial charge < -0.3 is 9.80 Å². The van der Waals surface area contributed by atoms with Gasteiger partial charge in [-0.05, 0) is 38.3 Å². The van der Waals surface area contributed by atoms with Crippen molar-refractivity contribution in [3.05, 3.63) is 24.0 Å². The lowest BCUT2D eigenvalue weighted by Gasteiger charge is -2.26. The first-order valence-corrected chi connectivity index (χ1v) is 10.0. The van der Waals surface area contributed by atoms with Gasteiger partial charge in [-0.15, -0.1) is 0 Å². The zero-order chi connectivity index (χ0) is 16.4. The quantitative estimate of drug-likeness (QED) is 0.829. The van der Waals surface area contributed by atoms with Gasteiger partial charge in [0.15, 0.2) is 9.84 Å². The molecule has 1 amide bonds. The Morgan fingerprint density at radius 3 is 2.61 bits per heavy atom. The zero-order valence-corrected chi connectivity index (χ0v) is 14.3. The Hall–Kier alpha value is -1.63. The number of carbonyl (C=O) groups is 1. The van der Waals surface area contributed by atoms with Crippen molar-refractivity contribution >= 4 is 21.4 Å². The molecular weight excluding hydrogens is 314 g/mol. The molecule has 2 aliphatic heterocycles. The molecule has 7 heteroatoms. The lowest BCUT2D eigenvalue weighted by Crippen LogP contribution is -2.41. The van der Waals surface area contributed by atoms with Crippen LogP contribution in [0.2, 0.25) is 0 Å². The summed E-state index contributed by atoms with van der Waals surface area (Å²) in [5.74, 6) is 0.0591. The van der Waals surface area contributed by atoms with Crippen LogP contribution in [-0.2, 0) is 9.84 Å². The molecule has 23 heavy (non-hydrogen) atoms. The summed E-state index contributed by atoms with van der Waals surface area (Å²) < 4.78 is 23.3. The van der Waals surface area contributed by atoms with Gasteiger partial charge in [-0.3, -0.25) is 4.79 Å². The van der Waals surface area contributed by atoms with Gasteiger partial charge in [-0.25, -0.2) is 13.4 Å². The molecule has 0 spiro atoms. The van der Waals surface area contributed by atoms with Crippen LogP contribution in [0.4, 0.5) is 5.69 Å². The summed E-state index contributed by atoms with van der Waals surface area (Å²) in [6, 6.07) is 3.46. The van der Waals surface area contributed by atoms with Crippen LogP contribution in [0.25, 0.3) is 0 Å². The molecule has 1 unspecified atom stereocenters. The summed E-state index contributed by atoms with van der Waals surface area (Å²) in [6.45, 7) is 4.45. The molecule has 0 aromatic carbocycles. The van der Waals surface area contributed by atoms with Crippen molar-refractivity contribution < 1.29 is 13.2 Å². The lowest BCUT2D eigenvalue weighted by atomic mass is 10.2. The number of amides is 1. The van der Waals surface area contributed by atoms with Crippen molar-refractivity contribution in [2.45, 2.75) is 32.2 Å². The smallest absolute Gasteiger partial charge is 0.272 e. The Kier molecular flexibility index (Phi) is 4.57. The molecule has 0 bridgehead atoms. The summed E-state index contributed by atoms with van der Waals surface area (Å²) in [5.41, 5.74) is 1.43. The monoisotopic (exact) mass is 337 g/mol. The Morgan fingerprint density at radius 1 is 1.35 bits per heavy atom. The number of aromatic nitrogens is 1. The number of hydrogen-bond acceptors (Lipinski definition) is 5. The molecule has 3 heterocycles. The third-order valence-corrected chi connectivity index (χ3v) is 6.44. The van der Waals surface area contributed by atoms with Crippen molar-refractivity contribution in [1.82, 2.24) is 9.88 Å². The van der Waals surface area contributed by atoms with E-state index < -0.39 is 9.84 Å². The Balaban J connectivity index is 1.73. The van der Waals surface area contributed by atoms with Crippen LogP contribution in [0, 0.1) is 0 Å². The summed E-state index contributed by atoms with van der Waals surface area (Å²) in [7, 11) is -3.01. The second-order valence-electron chi connectivity index (χ2n) is 6.24. The summed E-state index contributed by atoms with van der Waals surface area (Å²) in [6.07, 6.45) is 4.66. The predicted molar refractivity (Wildman–Crippen MR) is 89.5 cm³/mol. The van der Waals surface area contributed by atoms with Gasteiger partial charge in [0.1, 0.15) is 5.69 Å². The first kappa shape index (κ1) is 16.2. The van der Waals surface area contributed by atoms with E-state index in [1.807, 2.05) is 13.0 Å². The van der Waals surface area contributed by atoms with Crippen molar-refractivity contribution in [2.24, 2.45) is 0 Å². The minimum Gasteiger partial charge on any atom is -0.370 e. The summed E-state index contributed by atoms with van der Waals surface area (Å²) in [5, 5.41) is 0. The SMILES string of the molecule is CCN(C(=O)c1ccc(N2CCCC2)cn1)C1CCS(=O)(=O)C1. The number of carbonyl (C=O) groups excluding carboxylic acids is 1. The van der Waals surface area contributed by atoms with E-state index in [2.05, 4.69) is 9.88 Å². The molecule has 0 N–H and O–H groups in total. The first-order valence-electron chi connectivity index (χ1n) is 8.22. The number of hydrogen-bond donors (Lipinski definition) is 0. The molecule has 1 aromatic rings. The maximum atomic E-state index is 12.7. The number of nitrogens with zero attached hydrogens (tertiary/aromatic N) is 3. The van der Waals surface area contributed by atoms with Crippen molar-refractivity contribution in [2.75, 3.05) is 36.0 Å². The molecule has 0 saturated carbocycles. The zero-order valence-electron chi connectivity index (χ0n) is 13.4. The van der Waals surface area contributed by atoms with E-state index in [1.54, 1.807) is 17.2 Å². The van der Waals surface area contributed by atoms with Crippen molar-refractivity contribution in [1.29, 1.82) is 0 Å². The minimum atomic E-state index is -3.01. The van der Waals surface area contributed by atoms with E-state index in [4.69, 9.17) is 0 Å². The topological polar surface area (TPSA) is 70.6 Å². The lowest BCUT2D eigenvalue weighted by molar-refractivity contribution is 0.0702. The highest BCUT2D eigenvalue weighted by Gasteiger charge is 2.34. The Bertz CT molecular complexity index is 666. The summed E-state index contributed by atoms with van der Waals surface area (Å²) >= 11 is 0. The Morgan fingerprint density at radius 2 is 2.09 bits per heavy atom. The molecule has 6 nitrogen and oxygen atoms in total. The van der Waals surface area contributed by atoms with Gasteiger partial charge in [0, 0.05) is 25.7 Å². The molecule has 0 radical (unpaired) electrons. The highest BCUT2D eigenvalue weighted by Crippen LogP contribution is 2.22. The molecule has 1 atom stereocenters. The fourth-order valence-corrected chi connectivity index (χ4v) is 5.14. The van der Waals surface area contributed by atoms with E-state index in [0.717, 1.165) is 18.8 Å². The van der Waals surface area contributed by atoms with E-state index >= 15 is 0 Å². The standard InChI is InChI=1S/C16H23N3O3S/c1-2-19(14-7-10-23(21,22)12-14)16(20)15-6-5-13(11-17-15)18-8-3-4-9-18/h5-6,11,14H,2-4,7-10,12H2,1H3. The average molecular weight is 337 g/mol. The first-order chi connectivity index (χ1) is 11.0. The molecule has 3 rings (SSSR count). The highest BCUT2D eigenvalue weighted by atomic mass is 32.2. The average Bonchev–Trinajstić information content (AvgIpc) is 3.18. The second-order valence-corrected chi connectivity index (χ2v) is 8.47. The maximum absolute atomic E-state index is 12.7. The fourth-order valence-electron chi connectivity index (χ4n) is 3.41. The maximum Gasteiger partial charge on any atom is 0.272 e. The van der Waals surface area contributed by atoms with Crippen LogP contribution in [0.15, 0.2) is 18.3 Å². The van der Waals surface area contributed by atoms with E-state index in [1.165, 1.54) is 12.8 Å². The highest BCUT2D eigenvalue weighted by molar-refractivity contribution is 7.91. The fraction of sp³-hybridized carbons (Fsp3) is 0.625. The molecule has 1 aromatic heterocycles. The third kappa shape index (κ3) is 3.49. The van der Waals surface area contributed by atoms with E-state index in [0.29, 0.717) is 18.7 Å². The van der Waals surface area contributed by atoms with Crippen molar-refractivity contribution in [3.8, 4) is 0 Å². The molecule has 2 fully saturated rings. The number of anilines is 1.